The Bertz CT molecular complexity index is 223. The van der Waals surface area contributed by atoms with Crippen LogP contribution in [-0.2, 0) is 4.79 Å². The SMILES string of the molecule is CC/C=C\[C@@H](C)C1=CCCC1=O. The van der Waals surface area contributed by atoms with Gasteiger partial charge in [-0.1, -0.05) is 32.1 Å². The Kier molecular flexibility index (Phi) is 3.27. The molecule has 0 aromatic heterocycles. The van der Waals surface area contributed by atoms with Gasteiger partial charge in [-0.05, 0) is 18.4 Å². The Balaban J connectivity index is 2.57. The number of allylic oxidation sites excluding steroid dienone is 4. The topological polar surface area (TPSA) is 17.1 Å². The van der Waals surface area contributed by atoms with Crippen LogP contribution in [-0.4, -0.2) is 5.78 Å². The van der Waals surface area contributed by atoms with Crippen LogP contribution >= 0.6 is 0 Å². The summed E-state index contributed by atoms with van der Waals surface area (Å²) < 4.78 is 0. The standard InChI is InChI=1S/C11H16O/c1-3-4-6-9(2)10-7-5-8-11(10)12/h4,6-7,9H,3,5,8H2,1-2H3/b6-4-/t9-/m1/s1. The summed E-state index contributed by atoms with van der Waals surface area (Å²) in [5, 5.41) is 0. The van der Waals surface area contributed by atoms with Crippen molar-refractivity contribution >= 4 is 5.78 Å². The van der Waals surface area contributed by atoms with E-state index in [-0.39, 0.29) is 0 Å². The number of carbonyl (C=O) groups is 1. The number of hydrogen-bond acceptors (Lipinski definition) is 1. The normalized spacial score (nSPS) is 20.2. The van der Waals surface area contributed by atoms with E-state index in [0.29, 0.717) is 11.7 Å². The van der Waals surface area contributed by atoms with E-state index in [0.717, 1.165) is 24.8 Å². The number of ketones is 1. The lowest BCUT2D eigenvalue weighted by Gasteiger charge is -2.05. The van der Waals surface area contributed by atoms with E-state index in [2.05, 4.69) is 32.1 Å². The van der Waals surface area contributed by atoms with Gasteiger partial charge in [-0.3, -0.25) is 4.79 Å². The third-order valence-corrected chi connectivity index (χ3v) is 2.21. The molecule has 0 N–H and O–H groups in total. The zero-order valence-electron chi connectivity index (χ0n) is 7.84. The molecular weight excluding hydrogens is 148 g/mol. The molecule has 0 spiro atoms. The van der Waals surface area contributed by atoms with E-state index < -0.39 is 0 Å². The first-order valence-corrected chi connectivity index (χ1v) is 4.65. The quantitative estimate of drug-likeness (QED) is 0.586. The first kappa shape index (κ1) is 9.24. The van der Waals surface area contributed by atoms with Gasteiger partial charge in [-0.25, -0.2) is 0 Å². The van der Waals surface area contributed by atoms with Gasteiger partial charge in [0.25, 0.3) is 0 Å². The average molecular weight is 164 g/mol. The van der Waals surface area contributed by atoms with E-state index in [9.17, 15) is 4.79 Å². The minimum Gasteiger partial charge on any atom is -0.295 e. The van der Waals surface area contributed by atoms with Crippen molar-refractivity contribution in [2.45, 2.75) is 33.1 Å². The molecule has 1 atom stereocenters. The summed E-state index contributed by atoms with van der Waals surface area (Å²) in [7, 11) is 0. The van der Waals surface area contributed by atoms with Gasteiger partial charge in [-0.15, -0.1) is 0 Å². The maximum absolute atomic E-state index is 11.3. The lowest BCUT2D eigenvalue weighted by atomic mass is 9.99. The molecule has 0 heterocycles. The van der Waals surface area contributed by atoms with Gasteiger partial charge < -0.3 is 0 Å². The Hall–Kier alpha value is -0.850. The molecule has 0 aromatic carbocycles. The summed E-state index contributed by atoms with van der Waals surface area (Å²) in [5.74, 6) is 0.656. The summed E-state index contributed by atoms with van der Waals surface area (Å²) in [6.45, 7) is 4.19. The van der Waals surface area contributed by atoms with Crippen LogP contribution < -0.4 is 0 Å². The van der Waals surface area contributed by atoms with Crippen LogP contribution in [0.4, 0.5) is 0 Å². The van der Waals surface area contributed by atoms with E-state index in [4.69, 9.17) is 0 Å². The molecule has 0 bridgehead atoms. The van der Waals surface area contributed by atoms with Gasteiger partial charge in [0.1, 0.15) is 0 Å². The zero-order valence-corrected chi connectivity index (χ0v) is 7.84. The van der Waals surface area contributed by atoms with Gasteiger partial charge >= 0.3 is 0 Å². The number of carbonyl (C=O) groups excluding carboxylic acids is 1. The van der Waals surface area contributed by atoms with Gasteiger partial charge in [-0.2, -0.15) is 0 Å². The molecular formula is C11H16O. The minimum atomic E-state index is 0.319. The van der Waals surface area contributed by atoms with Gasteiger partial charge in [0.15, 0.2) is 5.78 Å². The van der Waals surface area contributed by atoms with Crippen molar-refractivity contribution in [2.24, 2.45) is 5.92 Å². The Morgan fingerprint density at radius 1 is 1.67 bits per heavy atom. The van der Waals surface area contributed by atoms with Crippen molar-refractivity contribution in [3.8, 4) is 0 Å². The molecule has 0 radical (unpaired) electrons. The average Bonchev–Trinajstić information content (AvgIpc) is 2.47. The first-order valence-electron chi connectivity index (χ1n) is 4.65. The molecule has 1 aliphatic carbocycles. The highest BCUT2D eigenvalue weighted by Crippen LogP contribution is 2.22. The predicted octanol–water partition coefficient (Wildman–Crippen LogP) is 2.88. The van der Waals surface area contributed by atoms with Crippen LogP contribution in [0.3, 0.4) is 0 Å². The molecule has 66 valence electrons. The largest absolute Gasteiger partial charge is 0.295 e. The fourth-order valence-electron chi connectivity index (χ4n) is 1.50. The lowest BCUT2D eigenvalue weighted by molar-refractivity contribution is -0.115. The summed E-state index contributed by atoms with van der Waals surface area (Å²) in [6.07, 6.45) is 9.03. The van der Waals surface area contributed by atoms with Crippen molar-refractivity contribution in [1.29, 1.82) is 0 Å². The maximum Gasteiger partial charge on any atom is 0.159 e. The van der Waals surface area contributed by atoms with Gasteiger partial charge in [0.05, 0.1) is 0 Å². The molecule has 0 unspecified atom stereocenters. The molecule has 1 nitrogen and oxygen atoms in total. The fraction of sp³-hybridized carbons (Fsp3) is 0.545. The summed E-state index contributed by atoms with van der Waals surface area (Å²) in [5.41, 5.74) is 1.01. The highest BCUT2D eigenvalue weighted by atomic mass is 16.1. The second-order valence-corrected chi connectivity index (χ2v) is 3.25. The summed E-state index contributed by atoms with van der Waals surface area (Å²) in [6, 6.07) is 0. The molecule has 0 saturated heterocycles. The van der Waals surface area contributed by atoms with Crippen molar-refractivity contribution < 1.29 is 4.79 Å². The third kappa shape index (κ3) is 2.07. The smallest absolute Gasteiger partial charge is 0.159 e. The number of hydrogen-bond donors (Lipinski definition) is 0. The van der Waals surface area contributed by atoms with Crippen LogP contribution in [0.2, 0.25) is 0 Å². The van der Waals surface area contributed by atoms with Crippen LogP contribution in [0.5, 0.6) is 0 Å². The first-order chi connectivity index (χ1) is 5.75. The van der Waals surface area contributed by atoms with E-state index in [1.165, 1.54) is 0 Å². The maximum atomic E-state index is 11.3. The Morgan fingerprint density at radius 2 is 2.42 bits per heavy atom. The molecule has 0 aliphatic heterocycles. The molecule has 12 heavy (non-hydrogen) atoms. The Labute approximate surface area is 74.2 Å². The van der Waals surface area contributed by atoms with Crippen LogP contribution in [0.15, 0.2) is 23.8 Å². The molecule has 0 fully saturated rings. The number of Topliss-reactive ketones (excluding diaryl/α,β-unsaturated/α-hetero) is 1. The van der Waals surface area contributed by atoms with Crippen molar-refractivity contribution in [1.82, 2.24) is 0 Å². The third-order valence-electron chi connectivity index (χ3n) is 2.21. The minimum absolute atomic E-state index is 0.319. The van der Waals surface area contributed by atoms with Crippen LogP contribution in [0, 0.1) is 5.92 Å². The van der Waals surface area contributed by atoms with E-state index >= 15 is 0 Å². The van der Waals surface area contributed by atoms with E-state index in [1.54, 1.807) is 0 Å². The summed E-state index contributed by atoms with van der Waals surface area (Å²) >= 11 is 0. The molecule has 0 amide bonds. The number of rotatable bonds is 3. The predicted molar refractivity (Wildman–Crippen MR) is 50.9 cm³/mol. The molecule has 0 saturated carbocycles. The van der Waals surface area contributed by atoms with Gasteiger partial charge in [0, 0.05) is 12.3 Å². The monoisotopic (exact) mass is 164 g/mol. The zero-order chi connectivity index (χ0) is 8.97. The highest BCUT2D eigenvalue weighted by molar-refractivity contribution is 5.98. The Morgan fingerprint density at radius 3 is 2.92 bits per heavy atom. The van der Waals surface area contributed by atoms with Crippen molar-refractivity contribution in [3.63, 3.8) is 0 Å². The van der Waals surface area contributed by atoms with Gasteiger partial charge in [0.2, 0.25) is 0 Å². The van der Waals surface area contributed by atoms with Crippen LogP contribution in [0.1, 0.15) is 33.1 Å². The van der Waals surface area contributed by atoms with Crippen molar-refractivity contribution in [2.75, 3.05) is 0 Å². The lowest BCUT2D eigenvalue weighted by Crippen LogP contribution is -2.03. The highest BCUT2D eigenvalue weighted by Gasteiger charge is 2.18. The molecule has 1 heteroatoms. The summed E-state index contributed by atoms with van der Waals surface area (Å²) in [4.78, 5) is 11.3. The molecule has 0 aromatic rings. The van der Waals surface area contributed by atoms with Crippen LogP contribution in [0.25, 0.3) is 0 Å². The van der Waals surface area contributed by atoms with E-state index in [1.807, 2.05) is 0 Å². The molecule has 1 rings (SSSR count). The second-order valence-electron chi connectivity index (χ2n) is 3.25. The molecule has 1 aliphatic rings. The second kappa shape index (κ2) is 4.24. The van der Waals surface area contributed by atoms with Crippen molar-refractivity contribution in [3.05, 3.63) is 23.8 Å². The fourth-order valence-corrected chi connectivity index (χ4v) is 1.50.